The van der Waals surface area contributed by atoms with Crippen LogP contribution in [0.25, 0.3) is 0 Å². The van der Waals surface area contributed by atoms with Gasteiger partial charge >= 0.3 is 5.97 Å². The molecule has 0 unspecified atom stereocenters. The summed E-state index contributed by atoms with van der Waals surface area (Å²) >= 11 is 0. The highest BCUT2D eigenvalue weighted by Crippen LogP contribution is 2.29. The minimum absolute atomic E-state index is 0.0529. The Morgan fingerprint density at radius 2 is 1.80 bits per heavy atom. The van der Waals surface area contributed by atoms with Crippen LogP contribution in [-0.2, 0) is 20.2 Å². The van der Waals surface area contributed by atoms with E-state index in [9.17, 15) is 13.2 Å². The Labute approximate surface area is 119 Å². The van der Waals surface area contributed by atoms with Gasteiger partial charge in [0, 0.05) is 6.54 Å². The molecule has 1 aromatic carbocycles. The first-order chi connectivity index (χ1) is 9.14. The smallest absolute Gasteiger partial charge is 0.322 e. The van der Waals surface area contributed by atoms with Crippen molar-refractivity contribution in [3.63, 3.8) is 0 Å². The van der Waals surface area contributed by atoms with Crippen molar-refractivity contribution in [3.05, 3.63) is 29.8 Å². The van der Waals surface area contributed by atoms with E-state index in [-0.39, 0.29) is 16.9 Å². The molecule has 1 heterocycles. The molecule has 0 radical (unpaired) electrons. The van der Waals surface area contributed by atoms with Crippen LogP contribution in [0, 0.1) is 0 Å². The van der Waals surface area contributed by atoms with Gasteiger partial charge in [-0.05, 0) is 29.5 Å². The fourth-order valence-corrected chi connectivity index (χ4v) is 3.79. The number of hydrogen-bond acceptors (Lipinski definition) is 3. The van der Waals surface area contributed by atoms with E-state index in [0.717, 1.165) is 9.87 Å². The van der Waals surface area contributed by atoms with E-state index in [1.807, 2.05) is 20.8 Å². The maximum absolute atomic E-state index is 12.4. The van der Waals surface area contributed by atoms with Gasteiger partial charge in [-0.1, -0.05) is 32.9 Å². The van der Waals surface area contributed by atoms with Crippen LogP contribution in [0.15, 0.2) is 29.2 Å². The van der Waals surface area contributed by atoms with Gasteiger partial charge < -0.3 is 5.11 Å². The Morgan fingerprint density at radius 1 is 1.25 bits per heavy atom. The van der Waals surface area contributed by atoms with Crippen molar-refractivity contribution in [2.45, 2.75) is 43.5 Å². The molecule has 0 aliphatic carbocycles. The number of carboxylic acids is 1. The number of benzene rings is 1. The summed E-state index contributed by atoms with van der Waals surface area (Å²) in [5.74, 6) is -1.09. The van der Waals surface area contributed by atoms with Crippen LogP contribution >= 0.6 is 0 Å². The van der Waals surface area contributed by atoms with E-state index in [1.165, 1.54) is 0 Å². The van der Waals surface area contributed by atoms with E-state index in [4.69, 9.17) is 5.11 Å². The lowest BCUT2D eigenvalue weighted by molar-refractivity contribution is -0.144. The molecule has 110 valence electrons. The van der Waals surface area contributed by atoms with Gasteiger partial charge in [0.05, 0.1) is 4.90 Å². The third-order valence-electron chi connectivity index (χ3n) is 3.58. The van der Waals surface area contributed by atoms with Crippen molar-refractivity contribution in [1.29, 1.82) is 0 Å². The first-order valence-corrected chi connectivity index (χ1v) is 7.93. The van der Waals surface area contributed by atoms with Crippen molar-refractivity contribution in [3.8, 4) is 0 Å². The largest absolute Gasteiger partial charge is 0.480 e. The van der Waals surface area contributed by atoms with Crippen molar-refractivity contribution in [1.82, 2.24) is 4.31 Å². The molecule has 6 heteroatoms. The first kappa shape index (κ1) is 15.0. The summed E-state index contributed by atoms with van der Waals surface area (Å²) < 4.78 is 25.7. The molecular weight excluding hydrogens is 278 g/mol. The second-order valence-electron chi connectivity index (χ2n) is 6.03. The fraction of sp³-hybridized carbons (Fsp3) is 0.500. The molecule has 0 aromatic heterocycles. The fourth-order valence-electron chi connectivity index (χ4n) is 2.16. The molecule has 1 saturated heterocycles. The number of aliphatic carboxylic acids is 1. The third-order valence-corrected chi connectivity index (χ3v) is 5.50. The van der Waals surface area contributed by atoms with Gasteiger partial charge in [0.2, 0.25) is 10.0 Å². The number of nitrogens with zero attached hydrogens (tertiary/aromatic N) is 1. The quantitative estimate of drug-likeness (QED) is 0.923. The summed E-state index contributed by atoms with van der Waals surface area (Å²) in [6, 6.07) is 5.73. The summed E-state index contributed by atoms with van der Waals surface area (Å²) in [4.78, 5) is 11.1. The van der Waals surface area contributed by atoms with Crippen LogP contribution in [0.2, 0.25) is 0 Å². The predicted octanol–water partition coefficient (Wildman–Crippen LogP) is 1.83. The lowest BCUT2D eigenvalue weighted by Crippen LogP contribution is -2.54. The van der Waals surface area contributed by atoms with E-state index < -0.39 is 22.0 Å². The number of hydrogen-bond donors (Lipinski definition) is 1. The first-order valence-electron chi connectivity index (χ1n) is 6.49. The van der Waals surface area contributed by atoms with E-state index >= 15 is 0 Å². The lowest BCUT2D eigenvalue weighted by Gasteiger charge is -2.36. The van der Waals surface area contributed by atoms with Gasteiger partial charge in [-0.3, -0.25) is 4.79 Å². The van der Waals surface area contributed by atoms with Crippen molar-refractivity contribution >= 4 is 16.0 Å². The minimum atomic E-state index is -3.71. The summed E-state index contributed by atoms with van der Waals surface area (Å²) in [5.41, 5.74) is 0.984. The third kappa shape index (κ3) is 2.58. The number of carboxylic acid groups (broad SMARTS) is 1. The molecule has 0 saturated carbocycles. The Kier molecular flexibility index (Phi) is 3.64. The number of carbonyl (C=O) groups is 1. The molecule has 0 bridgehead atoms. The molecule has 1 fully saturated rings. The average Bonchev–Trinajstić information content (AvgIpc) is 2.25. The van der Waals surface area contributed by atoms with Gasteiger partial charge in [0.15, 0.2) is 0 Å². The van der Waals surface area contributed by atoms with Gasteiger partial charge in [0.1, 0.15) is 6.04 Å². The standard InChI is InChI=1S/C14H19NO4S/c1-14(2,3)10-4-6-11(7-5-10)20(18,19)15-9-8-12(15)13(16)17/h4-7,12H,8-9H2,1-3H3,(H,16,17)/t12-/m0/s1. The zero-order valence-corrected chi connectivity index (χ0v) is 12.6. The Hall–Kier alpha value is -1.40. The Balaban J connectivity index is 2.29. The molecule has 2 rings (SSSR count). The summed E-state index contributed by atoms with van der Waals surface area (Å²) in [6.45, 7) is 6.41. The Morgan fingerprint density at radius 3 is 2.15 bits per heavy atom. The van der Waals surface area contributed by atoms with Crippen LogP contribution < -0.4 is 0 Å². The molecule has 1 N–H and O–H groups in total. The second kappa shape index (κ2) is 4.86. The van der Waals surface area contributed by atoms with Crippen LogP contribution in [-0.4, -0.2) is 36.4 Å². The van der Waals surface area contributed by atoms with Crippen molar-refractivity contribution in [2.75, 3.05) is 6.54 Å². The zero-order chi connectivity index (χ0) is 15.1. The highest BCUT2D eigenvalue weighted by molar-refractivity contribution is 7.89. The van der Waals surface area contributed by atoms with Gasteiger partial charge in [-0.25, -0.2) is 8.42 Å². The van der Waals surface area contributed by atoms with Crippen LogP contribution in [0.5, 0.6) is 0 Å². The maximum Gasteiger partial charge on any atom is 0.322 e. The second-order valence-corrected chi connectivity index (χ2v) is 7.92. The van der Waals surface area contributed by atoms with E-state index in [2.05, 4.69) is 0 Å². The van der Waals surface area contributed by atoms with E-state index in [0.29, 0.717) is 6.42 Å². The van der Waals surface area contributed by atoms with Gasteiger partial charge in [-0.15, -0.1) is 0 Å². The van der Waals surface area contributed by atoms with Crippen LogP contribution in [0.3, 0.4) is 0 Å². The zero-order valence-electron chi connectivity index (χ0n) is 11.8. The molecule has 1 aliphatic rings. The number of rotatable bonds is 3. The summed E-state index contributed by atoms with van der Waals surface area (Å²) in [5, 5.41) is 8.96. The van der Waals surface area contributed by atoms with E-state index in [1.54, 1.807) is 24.3 Å². The minimum Gasteiger partial charge on any atom is -0.480 e. The topological polar surface area (TPSA) is 74.7 Å². The highest BCUT2D eigenvalue weighted by Gasteiger charge is 2.42. The van der Waals surface area contributed by atoms with Crippen LogP contribution in [0.4, 0.5) is 0 Å². The summed E-state index contributed by atoms with van der Waals surface area (Å²) in [7, 11) is -3.71. The molecule has 0 spiro atoms. The van der Waals surface area contributed by atoms with Crippen molar-refractivity contribution < 1.29 is 18.3 Å². The average molecular weight is 297 g/mol. The molecule has 1 atom stereocenters. The van der Waals surface area contributed by atoms with Gasteiger partial charge in [0.25, 0.3) is 0 Å². The van der Waals surface area contributed by atoms with Gasteiger partial charge in [-0.2, -0.15) is 4.31 Å². The van der Waals surface area contributed by atoms with Crippen LogP contribution in [0.1, 0.15) is 32.8 Å². The molecular formula is C14H19NO4S. The molecule has 0 amide bonds. The SMILES string of the molecule is CC(C)(C)c1ccc(S(=O)(=O)N2CC[C@H]2C(=O)O)cc1. The molecule has 5 nitrogen and oxygen atoms in total. The maximum atomic E-state index is 12.4. The molecule has 1 aromatic rings. The summed E-state index contributed by atoms with van der Waals surface area (Å²) in [6.07, 6.45) is 0.370. The number of sulfonamides is 1. The van der Waals surface area contributed by atoms with Crippen molar-refractivity contribution in [2.24, 2.45) is 0 Å². The normalized spacial score (nSPS) is 20.4. The lowest BCUT2D eigenvalue weighted by atomic mass is 9.87. The Bertz CT molecular complexity index is 614. The highest BCUT2D eigenvalue weighted by atomic mass is 32.2. The monoisotopic (exact) mass is 297 g/mol. The predicted molar refractivity (Wildman–Crippen MR) is 75.1 cm³/mol. The molecule has 20 heavy (non-hydrogen) atoms. The molecule has 1 aliphatic heterocycles.